The molecule has 2 heterocycles. The quantitative estimate of drug-likeness (QED) is 0.855. The summed E-state index contributed by atoms with van der Waals surface area (Å²) in [5.41, 5.74) is 5.81. The van der Waals surface area contributed by atoms with Crippen LogP contribution < -0.4 is 10.6 Å². The summed E-state index contributed by atoms with van der Waals surface area (Å²) in [6.07, 6.45) is 0.987. The number of rotatable bonds is 5. The van der Waals surface area contributed by atoms with Gasteiger partial charge in [-0.2, -0.15) is 4.98 Å². The van der Waals surface area contributed by atoms with Gasteiger partial charge >= 0.3 is 0 Å². The summed E-state index contributed by atoms with van der Waals surface area (Å²) in [6, 6.07) is 0. The van der Waals surface area contributed by atoms with Crippen LogP contribution in [0.5, 0.6) is 0 Å². The minimum absolute atomic E-state index is 0.175. The zero-order valence-electron chi connectivity index (χ0n) is 12.2. The van der Waals surface area contributed by atoms with Crippen molar-refractivity contribution >= 4 is 5.95 Å². The predicted octanol–water partition coefficient (Wildman–Crippen LogP) is 0.910. The van der Waals surface area contributed by atoms with E-state index in [-0.39, 0.29) is 5.92 Å². The van der Waals surface area contributed by atoms with Gasteiger partial charge in [0.2, 0.25) is 5.89 Å². The second-order valence-electron chi connectivity index (χ2n) is 5.79. The van der Waals surface area contributed by atoms with Gasteiger partial charge in [0.1, 0.15) is 0 Å². The van der Waals surface area contributed by atoms with E-state index in [0.29, 0.717) is 24.3 Å². The molecular weight excluding hydrogens is 242 g/mol. The number of nitrogens with zero attached hydrogens (tertiary/aromatic N) is 4. The molecule has 1 aromatic rings. The monoisotopic (exact) mass is 267 g/mol. The third-order valence-electron chi connectivity index (χ3n) is 3.61. The SMILES string of the molecule is CC(C)CC(CN)c1nc(N2CCN(C)CC2)no1. The molecule has 0 radical (unpaired) electrons. The highest BCUT2D eigenvalue weighted by Crippen LogP contribution is 2.23. The lowest BCUT2D eigenvalue weighted by Gasteiger charge is -2.31. The molecule has 6 nitrogen and oxygen atoms in total. The first-order chi connectivity index (χ1) is 9.10. The number of nitrogens with two attached hydrogens (primary N) is 1. The molecule has 0 aromatic carbocycles. The molecule has 0 bridgehead atoms. The highest BCUT2D eigenvalue weighted by atomic mass is 16.5. The van der Waals surface area contributed by atoms with Gasteiger partial charge in [-0.15, -0.1) is 0 Å². The van der Waals surface area contributed by atoms with Crippen LogP contribution in [0.2, 0.25) is 0 Å². The van der Waals surface area contributed by atoms with E-state index in [4.69, 9.17) is 10.3 Å². The maximum absolute atomic E-state index is 5.81. The Morgan fingerprint density at radius 3 is 2.53 bits per heavy atom. The Bertz CT molecular complexity index is 384. The van der Waals surface area contributed by atoms with E-state index in [2.05, 4.69) is 40.8 Å². The topological polar surface area (TPSA) is 71.4 Å². The van der Waals surface area contributed by atoms with Crippen molar-refractivity contribution in [2.75, 3.05) is 44.7 Å². The lowest BCUT2D eigenvalue weighted by Crippen LogP contribution is -2.44. The molecule has 108 valence electrons. The average molecular weight is 267 g/mol. The van der Waals surface area contributed by atoms with Crippen molar-refractivity contribution in [1.29, 1.82) is 0 Å². The largest absolute Gasteiger partial charge is 0.337 e. The zero-order valence-corrected chi connectivity index (χ0v) is 12.2. The molecule has 0 aliphatic carbocycles. The number of likely N-dealkylation sites (N-methyl/N-ethyl adjacent to an activating group) is 1. The van der Waals surface area contributed by atoms with Crippen molar-refractivity contribution in [3.8, 4) is 0 Å². The summed E-state index contributed by atoms with van der Waals surface area (Å²) in [7, 11) is 2.13. The van der Waals surface area contributed by atoms with Gasteiger partial charge in [-0.25, -0.2) is 0 Å². The summed E-state index contributed by atoms with van der Waals surface area (Å²) in [4.78, 5) is 9.01. The molecule has 1 aliphatic rings. The molecule has 6 heteroatoms. The standard InChI is InChI=1S/C13H25N5O/c1-10(2)8-11(9-14)12-15-13(16-19-12)18-6-4-17(3)5-7-18/h10-11H,4-9,14H2,1-3H3. The minimum atomic E-state index is 0.175. The highest BCUT2D eigenvalue weighted by Gasteiger charge is 2.23. The van der Waals surface area contributed by atoms with Crippen LogP contribution in [0.15, 0.2) is 4.52 Å². The van der Waals surface area contributed by atoms with Gasteiger partial charge in [-0.1, -0.05) is 13.8 Å². The summed E-state index contributed by atoms with van der Waals surface area (Å²) < 4.78 is 5.40. The van der Waals surface area contributed by atoms with Crippen LogP contribution in [0.3, 0.4) is 0 Å². The van der Waals surface area contributed by atoms with Gasteiger partial charge in [-0.3, -0.25) is 0 Å². The molecule has 1 atom stereocenters. The Kier molecular flexibility index (Phi) is 4.76. The van der Waals surface area contributed by atoms with E-state index in [1.54, 1.807) is 0 Å². The molecule has 0 amide bonds. The Labute approximate surface area is 114 Å². The molecule has 1 fully saturated rings. The Hall–Kier alpha value is -1.14. The second-order valence-corrected chi connectivity index (χ2v) is 5.79. The summed E-state index contributed by atoms with van der Waals surface area (Å²) in [5, 5.41) is 4.11. The minimum Gasteiger partial charge on any atom is -0.337 e. The first-order valence-corrected chi connectivity index (χ1v) is 7.07. The predicted molar refractivity (Wildman–Crippen MR) is 75.3 cm³/mol. The number of hydrogen-bond acceptors (Lipinski definition) is 6. The fourth-order valence-electron chi connectivity index (χ4n) is 2.39. The molecule has 0 saturated carbocycles. The van der Waals surface area contributed by atoms with Crippen LogP contribution in [0.25, 0.3) is 0 Å². The van der Waals surface area contributed by atoms with Crippen LogP contribution in [-0.4, -0.2) is 54.8 Å². The van der Waals surface area contributed by atoms with E-state index in [9.17, 15) is 0 Å². The Morgan fingerprint density at radius 1 is 1.26 bits per heavy atom. The summed E-state index contributed by atoms with van der Waals surface area (Å²) in [6.45, 7) is 8.90. The van der Waals surface area contributed by atoms with Crippen LogP contribution in [0.4, 0.5) is 5.95 Å². The Morgan fingerprint density at radius 2 is 1.95 bits per heavy atom. The number of hydrogen-bond donors (Lipinski definition) is 1. The van der Waals surface area contributed by atoms with Gasteiger partial charge < -0.3 is 20.1 Å². The van der Waals surface area contributed by atoms with Gasteiger partial charge in [0.05, 0.1) is 5.92 Å². The van der Waals surface area contributed by atoms with Crippen molar-refractivity contribution in [2.45, 2.75) is 26.2 Å². The molecule has 1 unspecified atom stereocenters. The van der Waals surface area contributed by atoms with Crippen molar-refractivity contribution in [1.82, 2.24) is 15.0 Å². The van der Waals surface area contributed by atoms with Crippen LogP contribution in [0, 0.1) is 5.92 Å². The van der Waals surface area contributed by atoms with E-state index in [1.165, 1.54) is 0 Å². The van der Waals surface area contributed by atoms with E-state index in [0.717, 1.165) is 32.6 Å². The van der Waals surface area contributed by atoms with Crippen LogP contribution in [-0.2, 0) is 0 Å². The first-order valence-electron chi connectivity index (χ1n) is 7.07. The van der Waals surface area contributed by atoms with Crippen LogP contribution >= 0.6 is 0 Å². The van der Waals surface area contributed by atoms with E-state index < -0.39 is 0 Å². The smallest absolute Gasteiger partial charge is 0.266 e. The number of piperazine rings is 1. The molecule has 19 heavy (non-hydrogen) atoms. The fourth-order valence-corrected chi connectivity index (χ4v) is 2.39. The molecular formula is C13H25N5O. The van der Waals surface area contributed by atoms with Gasteiger partial charge in [0.25, 0.3) is 5.95 Å². The molecule has 2 rings (SSSR count). The average Bonchev–Trinajstić information content (AvgIpc) is 2.86. The highest BCUT2D eigenvalue weighted by molar-refractivity contribution is 5.29. The molecule has 1 aromatic heterocycles. The second kappa shape index (κ2) is 6.34. The Balaban J connectivity index is 2.01. The summed E-state index contributed by atoms with van der Waals surface area (Å²) in [5.74, 6) is 2.15. The van der Waals surface area contributed by atoms with Crippen molar-refractivity contribution < 1.29 is 4.52 Å². The number of anilines is 1. The third kappa shape index (κ3) is 3.67. The van der Waals surface area contributed by atoms with Gasteiger partial charge in [0.15, 0.2) is 0 Å². The van der Waals surface area contributed by atoms with Gasteiger partial charge in [-0.05, 0) is 24.5 Å². The number of aromatic nitrogens is 2. The third-order valence-corrected chi connectivity index (χ3v) is 3.61. The molecule has 2 N–H and O–H groups in total. The molecule has 1 aliphatic heterocycles. The van der Waals surface area contributed by atoms with E-state index in [1.807, 2.05) is 0 Å². The van der Waals surface area contributed by atoms with Crippen molar-refractivity contribution in [3.05, 3.63) is 5.89 Å². The molecule has 1 saturated heterocycles. The van der Waals surface area contributed by atoms with E-state index >= 15 is 0 Å². The maximum Gasteiger partial charge on any atom is 0.266 e. The lowest BCUT2D eigenvalue weighted by atomic mass is 9.97. The zero-order chi connectivity index (χ0) is 13.8. The van der Waals surface area contributed by atoms with Crippen molar-refractivity contribution in [3.63, 3.8) is 0 Å². The van der Waals surface area contributed by atoms with Gasteiger partial charge in [0, 0.05) is 32.7 Å². The van der Waals surface area contributed by atoms with Crippen LogP contribution in [0.1, 0.15) is 32.1 Å². The normalized spacial score (nSPS) is 19.1. The molecule has 0 spiro atoms. The lowest BCUT2D eigenvalue weighted by molar-refractivity contribution is 0.307. The maximum atomic E-state index is 5.81. The first kappa shape index (κ1) is 14.3. The summed E-state index contributed by atoms with van der Waals surface area (Å²) >= 11 is 0. The van der Waals surface area contributed by atoms with Crippen molar-refractivity contribution in [2.24, 2.45) is 11.7 Å². The fraction of sp³-hybridized carbons (Fsp3) is 0.846.